The van der Waals surface area contributed by atoms with Crippen molar-refractivity contribution in [1.29, 1.82) is 0 Å². The van der Waals surface area contributed by atoms with Gasteiger partial charge in [-0.2, -0.15) is 0 Å². The third kappa shape index (κ3) is 4.79. The van der Waals surface area contributed by atoms with Gasteiger partial charge in [0.1, 0.15) is 18.5 Å². The third-order valence-electron chi connectivity index (χ3n) is 4.24. The molecule has 3 aromatic rings. The number of aliphatic hydroxyl groups is 2. The molecule has 0 spiro atoms. The predicted octanol–water partition coefficient (Wildman–Crippen LogP) is 4.01. The highest BCUT2D eigenvalue weighted by molar-refractivity contribution is 7.15. The molecule has 150 valence electrons. The van der Waals surface area contributed by atoms with E-state index in [1.807, 2.05) is 32.0 Å². The maximum Gasteiger partial charge on any atom is 0.258 e. The number of rotatable bonds is 8. The molecule has 0 bridgehead atoms. The van der Waals surface area contributed by atoms with Crippen LogP contribution in [0.1, 0.15) is 29.9 Å². The highest BCUT2D eigenvalue weighted by atomic mass is 32.1. The topological polar surface area (TPSA) is 88.6 Å². The lowest BCUT2D eigenvalue weighted by Gasteiger charge is -2.15. The first-order valence-corrected chi connectivity index (χ1v) is 10.1. The Bertz CT molecular complexity index is 909. The fraction of sp³-hybridized carbons (Fsp3) is 0.429. The molecule has 0 aliphatic carbocycles. The lowest BCUT2D eigenvalue weighted by Crippen LogP contribution is -2.21. The standard InChI is InChI=1S/C21H26N2O4S/c1-12(2)7-17-5-6-18(28-17)21-23-22-20(27-21)15-8-13(3)19(14(4)9-15)26-11-16(25)10-24/h5-6,8-9,12,16,24-25H,7,10-11H2,1-4H3. The molecule has 0 aliphatic heterocycles. The smallest absolute Gasteiger partial charge is 0.258 e. The summed E-state index contributed by atoms with van der Waals surface area (Å²) in [6.07, 6.45) is 0.139. The summed E-state index contributed by atoms with van der Waals surface area (Å²) in [6.45, 7) is 7.96. The molecule has 0 aliphatic rings. The molecule has 2 N–H and O–H groups in total. The van der Waals surface area contributed by atoms with Crippen LogP contribution in [0.4, 0.5) is 0 Å². The van der Waals surface area contributed by atoms with Crippen LogP contribution in [0.3, 0.4) is 0 Å². The van der Waals surface area contributed by atoms with Gasteiger partial charge in [0.25, 0.3) is 5.89 Å². The summed E-state index contributed by atoms with van der Waals surface area (Å²) >= 11 is 1.68. The van der Waals surface area contributed by atoms with Crippen LogP contribution in [0.2, 0.25) is 0 Å². The van der Waals surface area contributed by atoms with Crippen molar-refractivity contribution in [2.45, 2.75) is 40.2 Å². The molecule has 1 atom stereocenters. The molecule has 0 saturated heterocycles. The summed E-state index contributed by atoms with van der Waals surface area (Å²) in [5.41, 5.74) is 2.62. The van der Waals surface area contributed by atoms with E-state index in [1.54, 1.807) is 11.3 Å². The predicted molar refractivity (Wildman–Crippen MR) is 110 cm³/mol. The second-order valence-corrected chi connectivity index (χ2v) is 8.53. The quantitative estimate of drug-likeness (QED) is 0.592. The summed E-state index contributed by atoms with van der Waals surface area (Å²) in [6, 6.07) is 7.98. The van der Waals surface area contributed by atoms with Gasteiger partial charge in [0.15, 0.2) is 0 Å². The van der Waals surface area contributed by atoms with E-state index in [1.165, 1.54) is 4.88 Å². The van der Waals surface area contributed by atoms with Crippen LogP contribution in [-0.4, -0.2) is 39.7 Å². The van der Waals surface area contributed by atoms with Crippen molar-refractivity contribution in [2.24, 2.45) is 5.92 Å². The van der Waals surface area contributed by atoms with Crippen molar-refractivity contribution in [3.05, 3.63) is 40.3 Å². The minimum absolute atomic E-state index is 0.0410. The molecule has 2 aromatic heterocycles. The van der Waals surface area contributed by atoms with Crippen molar-refractivity contribution in [1.82, 2.24) is 10.2 Å². The van der Waals surface area contributed by atoms with Crippen LogP contribution in [0.5, 0.6) is 5.75 Å². The summed E-state index contributed by atoms with van der Waals surface area (Å²) in [4.78, 5) is 2.28. The number of hydrogen-bond acceptors (Lipinski definition) is 7. The minimum atomic E-state index is -0.900. The highest BCUT2D eigenvalue weighted by Crippen LogP contribution is 2.33. The van der Waals surface area contributed by atoms with Crippen molar-refractivity contribution >= 4 is 11.3 Å². The van der Waals surface area contributed by atoms with Gasteiger partial charge < -0.3 is 19.4 Å². The largest absolute Gasteiger partial charge is 0.490 e. The first kappa shape index (κ1) is 20.5. The Morgan fingerprint density at radius 3 is 2.43 bits per heavy atom. The summed E-state index contributed by atoms with van der Waals surface area (Å²) in [7, 11) is 0. The first-order valence-electron chi connectivity index (χ1n) is 9.33. The SMILES string of the molecule is Cc1cc(-c2nnc(-c3ccc(CC(C)C)s3)o2)cc(C)c1OCC(O)CO. The van der Waals surface area contributed by atoms with E-state index in [-0.39, 0.29) is 13.2 Å². The maximum atomic E-state index is 9.49. The van der Waals surface area contributed by atoms with Crippen molar-refractivity contribution in [3.8, 4) is 28.0 Å². The minimum Gasteiger partial charge on any atom is -0.490 e. The molecule has 28 heavy (non-hydrogen) atoms. The summed E-state index contributed by atoms with van der Waals surface area (Å²) < 4.78 is 11.6. The molecular formula is C21H26N2O4S. The van der Waals surface area contributed by atoms with Crippen LogP contribution in [0.15, 0.2) is 28.7 Å². The average Bonchev–Trinajstić information content (AvgIpc) is 3.29. The molecule has 0 fully saturated rings. The zero-order valence-corrected chi connectivity index (χ0v) is 17.4. The van der Waals surface area contributed by atoms with E-state index in [0.29, 0.717) is 23.4 Å². The van der Waals surface area contributed by atoms with Crippen LogP contribution in [0, 0.1) is 19.8 Å². The second-order valence-electron chi connectivity index (χ2n) is 7.36. The zero-order valence-electron chi connectivity index (χ0n) is 16.6. The number of nitrogens with zero attached hydrogens (tertiary/aromatic N) is 2. The first-order chi connectivity index (χ1) is 13.4. The van der Waals surface area contributed by atoms with E-state index >= 15 is 0 Å². The number of ether oxygens (including phenoxy) is 1. The van der Waals surface area contributed by atoms with Crippen LogP contribution < -0.4 is 4.74 Å². The van der Waals surface area contributed by atoms with Crippen LogP contribution in [-0.2, 0) is 6.42 Å². The van der Waals surface area contributed by atoms with Gasteiger partial charge in [0, 0.05) is 10.4 Å². The van der Waals surface area contributed by atoms with E-state index in [2.05, 4.69) is 30.1 Å². The van der Waals surface area contributed by atoms with Gasteiger partial charge >= 0.3 is 0 Å². The van der Waals surface area contributed by atoms with E-state index in [0.717, 1.165) is 28.0 Å². The van der Waals surface area contributed by atoms with Crippen molar-refractivity contribution in [2.75, 3.05) is 13.2 Å². The van der Waals surface area contributed by atoms with Gasteiger partial charge in [0.05, 0.1) is 11.5 Å². The molecular weight excluding hydrogens is 376 g/mol. The number of thiophene rings is 1. The summed E-state index contributed by atoms with van der Waals surface area (Å²) in [5, 5.41) is 26.8. The zero-order chi connectivity index (χ0) is 20.3. The molecule has 2 heterocycles. The van der Waals surface area contributed by atoms with Crippen molar-refractivity contribution in [3.63, 3.8) is 0 Å². The lowest BCUT2D eigenvalue weighted by atomic mass is 10.1. The van der Waals surface area contributed by atoms with Gasteiger partial charge in [-0.05, 0) is 61.6 Å². The van der Waals surface area contributed by atoms with E-state index in [9.17, 15) is 5.11 Å². The highest BCUT2D eigenvalue weighted by Gasteiger charge is 2.16. The fourth-order valence-electron chi connectivity index (χ4n) is 2.98. The van der Waals surface area contributed by atoms with E-state index < -0.39 is 6.10 Å². The lowest BCUT2D eigenvalue weighted by molar-refractivity contribution is 0.0532. The van der Waals surface area contributed by atoms with Crippen molar-refractivity contribution < 1.29 is 19.4 Å². The van der Waals surface area contributed by atoms with Gasteiger partial charge in [-0.3, -0.25) is 0 Å². The Balaban J connectivity index is 1.80. The average molecular weight is 403 g/mol. The fourth-order valence-corrected chi connectivity index (χ4v) is 4.12. The summed E-state index contributed by atoms with van der Waals surface area (Å²) in [5.74, 6) is 2.28. The maximum absolute atomic E-state index is 9.49. The van der Waals surface area contributed by atoms with Crippen LogP contribution in [0.25, 0.3) is 22.2 Å². The number of aryl methyl sites for hydroxylation is 2. The molecule has 3 rings (SSSR count). The van der Waals surface area contributed by atoms with Gasteiger partial charge in [-0.1, -0.05) is 13.8 Å². The normalized spacial score (nSPS) is 12.5. The van der Waals surface area contributed by atoms with E-state index in [4.69, 9.17) is 14.3 Å². The monoisotopic (exact) mass is 402 g/mol. The van der Waals surface area contributed by atoms with Crippen LogP contribution >= 0.6 is 11.3 Å². The number of hydrogen-bond donors (Lipinski definition) is 2. The Morgan fingerprint density at radius 2 is 1.79 bits per heavy atom. The number of aromatic nitrogens is 2. The Kier molecular flexibility index (Phi) is 6.49. The van der Waals surface area contributed by atoms with Gasteiger partial charge in [0.2, 0.25) is 5.89 Å². The molecule has 0 radical (unpaired) electrons. The number of benzene rings is 1. The van der Waals surface area contributed by atoms with Gasteiger partial charge in [-0.25, -0.2) is 0 Å². The third-order valence-corrected chi connectivity index (χ3v) is 5.34. The molecule has 0 amide bonds. The Morgan fingerprint density at radius 1 is 1.11 bits per heavy atom. The molecule has 6 nitrogen and oxygen atoms in total. The molecule has 1 unspecified atom stereocenters. The number of aliphatic hydroxyl groups excluding tert-OH is 2. The second kappa shape index (κ2) is 8.86. The molecule has 1 aromatic carbocycles. The Labute approximate surface area is 168 Å². The Hall–Kier alpha value is -2.22. The molecule has 0 saturated carbocycles. The molecule has 7 heteroatoms. The van der Waals surface area contributed by atoms with Gasteiger partial charge in [-0.15, -0.1) is 21.5 Å².